The van der Waals surface area contributed by atoms with Crippen LogP contribution in [-0.2, 0) is 16.0 Å². The molecule has 2 rings (SSSR count). The smallest absolute Gasteiger partial charge is 0.228 e. The average Bonchev–Trinajstić information content (AvgIpc) is 2.58. The quantitative estimate of drug-likeness (QED) is 0.779. The van der Waals surface area contributed by atoms with Gasteiger partial charge in [0.1, 0.15) is 5.75 Å². The van der Waals surface area contributed by atoms with Gasteiger partial charge >= 0.3 is 0 Å². The monoisotopic (exact) mass is 354 g/mol. The van der Waals surface area contributed by atoms with Gasteiger partial charge < -0.3 is 15.4 Å². The van der Waals surface area contributed by atoms with Gasteiger partial charge in [-0.2, -0.15) is 0 Å². The molecule has 0 spiro atoms. The summed E-state index contributed by atoms with van der Waals surface area (Å²) in [5.41, 5.74) is 3.18. The maximum Gasteiger partial charge on any atom is 0.228 e. The Morgan fingerprint density at radius 3 is 2.23 bits per heavy atom. The zero-order valence-corrected chi connectivity index (χ0v) is 15.3. The first-order chi connectivity index (χ1) is 12.3. The first-order valence-corrected chi connectivity index (χ1v) is 8.16. The molecule has 0 fully saturated rings. The molecule has 0 saturated carbocycles. The number of carbonyl (C=O) groups excluding carboxylic acids is 3. The molecule has 0 bridgehead atoms. The Morgan fingerprint density at radius 1 is 1.00 bits per heavy atom. The van der Waals surface area contributed by atoms with Crippen molar-refractivity contribution >= 4 is 29.0 Å². The maximum atomic E-state index is 12.5. The molecule has 6 nitrogen and oxygen atoms in total. The number of nitrogens with one attached hydrogen (secondary N) is 2. The minimum absolute atomic E-state index is 0.0636. The van der Waals surface area contributed by atoms with Gasteiger partial charge in [-0.1, -0.05) is 6.07 Å². The molecule has 0 aliphatic rings. The van der Waals surface area contributed by atoms with Crippen LogP contribution in [0.2, 0.25) is 0 Å². The molecule has 136 valence electrons. The number of amides is 2. The predicted molar refractivity (Wildman–Crippen MR) is 101 cm³/mol. The molecule has 0 heterocycles. The van der Waals surface area contributed by atoms with Crippen LogP contribution >= 0.6 is 0 Å². The molecule has 2 N–H and O–H groups in total. The van der Waals surface area contributed by atoms with E-state index in [1.165, 1.54) is 21.0 Å². The number of methoxy groups -OCH3 is 1. The summed E-state index contributed by atoms with van der Waals surface area (Å²) in [7, 11) is 1.52. The maximum absolute atomic E-state index is 12.5. The fourth-order valence-electron chi connectivity index (χ4n) is 2.60. The van der Waals surface area contributed by atoms with Crippen molar-refractivity contribution in [1.29, 1.82) is 0 Å². The molecule has 2 aromatic rings. The van der Waals surface area contributed by atoms with Gasteiger partial charge in [-0.25, -0.2) is 0 Å². The molecule has 0 aliphatic heterocycles. The summed E-state index contributed by atoms with van der Waals surface area (Å²) in [5.74, 6) is 0.0523. The average molecular weight is 354 g/mol. The highest BCUT2D eigenvalue weighted by Gasteiger charge is 2.13. The van der Waals surface area contributed by atoms with Crippen LogP contribution in [0.4, 0.5) is 11.4 Å². The van der Waals surface area contributed by atoms with Crippen LogP contribution in [0.25, 0.3) is 0 Å². The number of hydrogen-bond acceptors (Lipinski definition) is 4. The lowest BCUT2D eigenvalue weighted by Gasteiger charge is -2.14. The third-order valence-corrected chi connectivity index (χ3v) is 3.96. The Balaban J connectivity index is 2.20. The topological polar surface area (TPSA) is 84.5 Å². The second kappa shape index (κ2) is 8.29. The van der Waals surface area contributed by atoms with E-state index >= 15 is 0 Å². The molecule has 2 aromatic carbocycles. The van der Waals surface area contributed by atoms with E-state index in [2.05, 4.69) is 10.6 Å². The molecule has 2 amide bonds. The van der Waals surface area contributed by atoms with Crippen LogP contribution in [-0.4, -0.2) is 24.7 Å². The van der Waals surface area contributed by atoms with Crippen molar-refractivity contribution in [2.45, 2.75) is 27.2 Å². The second-order valence-electron chi connectivity index (χ2n) is 5.97. The fourth-order valence-corrected chi connectivity index (χ4v) is 2.60. The molecule has 0 unspecified atom stereocenters. The molecular weight excluding hydrogens is 332 g/mol. The molecule has 0 atom stereocenters. The number of anilines is 2. The predicted octanol–water partition coefficient (Wildman–Crippen LogP) is 3.35. The van der Waals surface area contributed by atoms with Crippen LogP contribution < -0.4 is 15.4 Å². The Labute approximate surface area is 152 Å². The van der Waals surface area contributed by atoms with Gasteiger partial charge in [0.05, 0.1) is 13.5 Å². The first-order valence-electron chi connectivity index (χ1n) is 8.16. The first kappa shape index (κ1) is 19.2. The van der Waals surface area contributed by atoms with Gasteiger partial charge in [0.15, 0.2) is 5.78 Å². The van der Waals surface area contributed by atoms with Gasteiger partial charge in [-0.05, 0) is 49.7 Å². The van der Waals surface area contributed by atoms with Crippen molar-refractivity contribution in [3.63, 3.8) is 0 Å². The third kappa shape index (κ3) is 4.69. The van der Waals surface area contributed by atoms with E-state index in [0.717, 1.165) is 5.56 Å². The van der Waals surface area contributed by atoms with E-state index in [1.54, 1.807) is 36.4 Å². The SMILES string of the molecule is COc1ccc(C(C)=O)cc1CC(=O)Nc1cccc(NC(C)=O)c1C. The summed E-state index contributed by atoms with van der Waals surface area (Å²) in [4.78, 5) is 35.3. The summed E-state index contributed by atoms with van der Waals surface area (Å²) in [5, 5.41) is 5.57. The van der Waals surface area contributed by atoms with Crippen LogP contribution in [0.3, 0.4) is 0 Å². The van der Waals surface area contributed by atoms with Crippen LogP contribution in [0.5, 0.6) is 5.75 Å². The van der Waals surface area contributed by atoms with Crippen molar-refractivity contribution in [1.82, 2.24) is 0 Å². The fraction of sp³-hybridized carbons (Fsp3) is 0.250. The molecule has 6 heteroatoms. The van der Waals surface area contributed by atoms with Crippen molar-refractivity contribution in [3.8, 4) is 5.75 Å². The zero-order chi connectivity index (χ0) is 19.3. The Kier molecular flexibility index (Phi) is 6.11. The van der Waals surface area contributed by atoms with Gasteiger partial charge in [0.2, 0.25) is 11.8 Å². The van der Waals surface area contributed by atoms with Crippen molar-refractivity contribution in [2.75, 3.05) is 17.7 Å². The van der Waals surface area contributed by atoms with Gasteiger partial charge in [-0.15, -0.1) is 0 Å². The standard InChI is InChI=1S/C20H22N2O4/c1-12-17(21-14(3)24)6-5-7-18(12)22-20(25)11-16-10-15(13(2)23)8-9-19(16)26-4/h5-10H,11H2,1-4H3,(H,21,24)(H,22,25). The summed E-state index contributed by atoms with van der Waals surface area (Å²) in [6.07, 6.45) is 0.0636. The molecular formula is C20H22N2O4. The van der Waals surface area contributed by atoms with Crippen LogP contribution in [0, 0.1) is 6.92 Å². The number of rotatable bonds is 6. The summed E-state index contributed by atoms with van der Waals surface area (Å²) in [6, 6.07) is 10.3. The lowest BCUT2D eigenvalue weighted by atomic mass is 10.0. The number of ketones is 1. The number of benzene rings is 2. The number of hydrogen-bond donors (Lipinski definition) is 2. The van der Waals surface area contributed by atoms with E-state index in [-0.39, 0.29) is 24.0 Å². The number of Topliss-reactive ketones (excluding diaryl/α,β-unsaturated/α-hetero) is 1. The molecule has 26 heavy (non-hydrogen) atoms. The highest BCUT2D eigenvalue weighted by molar-refractivity contribution is 5.97. The number of carbonyl (C=O) groups is 3. The van der Waals surface area contributed by atoms with Gasteiger partial charge in [-0.3, -0.25) is 14.4 Å². The number of ether oxygens (including phenoxy) is 1. The lowest BCUT2D eigenvalue weighted by molar-refractivity contribution is -0.116. The summed E-state index contributed by atoms with van der Waals surface area (Å²) >= 11 is 0. The molecule has 0 aromatic heterocycles. The Hall–Kier alpha value is -3.15. The van der Waals surface area contributed by atoms with E-state index < -0.39 is 0 Å². The van der Waals surface area contributed by atoms with E-state index in [1.807, 2.05) is 6.92 Å². The van der Waals surface area contributed by atoms with Gasteiger partial charge in [0.25, 0.3) is 0 Å². The van der Waals surface area contributed by atoms with Crippen LogP contribution in [0.15, 0.2) is 36.4 Å². The van der Waals surface area contributed by atoms with Gasteiger partial charge in [0, 0.05) is 29.4 Å². The highest BCUT2D eigenvalue weighted by Crippen LogP contribution is 2.25. The summed E-state index contributed by atoms with van der Waals surface area (Å²) in [6.45, 7) is 4.72. The molecule has 0 radical (unpaired) electrons. The molecule has 0 saturated heterocycles. The molecule has 0 aliphatic carbocycles. The minimum Gasteiger partial charge on any atom is -0.496 e. The third-order valence-electron chi connectivity index (χ3n) is 3.96. The van der Waals surface area contributed by atoms with Crippen molar-refractivity contribution in [3.05, 3.63) is 53.1 Å². The van der Waals surface area contributed by atoms with E-state index in [0.29, 0.717) is 28.3 Å². The largest absolute Gasteiger partial charge is 0.496 e. The Bertz CT molecular complexity index is 859. The second-order valence-corrected chi connectivity index (χ2v) is 5.97. The normalized spacial score (nSPS) is 10.2. The zero-order valence-electron chi connectivity index (χ0n) is 15.3. The van der Waals surface area contributed by atoms with Crippen LogP contribution in [0.1, 0.15) is 35.3 Å². The highest BCUT2D eigenvalue weighted by atomic mass is 16.5. The van der Waals surface area contributed by atoms with E-state index in [4.69, 9.17) is 4.74 Å². The van der Waals surface area contributed by atoms with Crippen molar-refractivity contribution < 1.29 is 19.1 Å². The summed E-state index contributed by atoms with van der Waals surface area (Å²) < 4.78 is 5.28. The van der Waals surface area contributed by atoms with Crippen molar-refractivity contribution in [2.24, 2.45) is 0 Å². The minimum atomic E-state index is -0.243. The van der Waals surface area contributed by atoms with E-state index in [9.17, 15) is 14.4 Å². The lowest BCUT2D eigenvalue weighted by Crippen LogP contribution is -2.17. The Morgan fingerprint density at radius 2 is 1.65 bits per heavy atom.